The molecule has 1 atom stereocenters. The summed E-state index contributed by atoms with van der Waals surface area (Å²) >= 11 is 5.62. The zero-order chi connectivity index (χ0) is 11.8. The number of carbonyl (C=O) groups is 1. The van der Waals surface area contributed by atoms with Crippen molar-refractivity contribution in [3.63, 3.8) is 0 Å². The van der Waals surface area contributed by atoms with Crippen molar-refractivity contribution in [1.29, 1.82) is 0 Å². The van der Waals surface area contributed by atoms with Gasteiger partial charge in [0, 0.05) is 18.3 Å². The number of nitrogens with one attached hydrogen (secondary N) is 1. The molecule has 0 aromatic rings. The second-order valence-electron chi connectivity index (χ2n) is 4.99. The van der Waals surface area contributed by atoms with Crippen molar-refractivity contribution in [2.75, 3.05) is 5.88 Å². The highest BCUT2D eigenvalue weighted by Gasteiger charge is 2.16. The van der Waals surface area contributed by atoms with Crippen molar-refractivity contribution < 1.29 is 4.79 Å². The maximum Gasteiger partial charge on any atom is 0.220 e. The fourth-order valence-corrected chi connectivity index (χ4v) is 2.59. The first kappa shape index (κ1) is 13.8. The highest BCUT2D eigenvalue weighted by atomic mass is 35.5. The third-order valence-electron chi connectivity index (χ3n) is 3.43. The number of amides is 1. The van der Waals surface area contributed by atoms with E-state index in [1.54, 1.807) is 0 Å². The van der Waals surface area contributed by atoms with E-state index in [0.717, 1.165) is 25.2 Å². The molecule has 1 unspecified atom stereocenters. The average molecular weight is 246 g/mol. The van der Waals surface area contributed by atoms with Crippen LogP contribution in [0.3, 0.4) is 0 Å². The average Bonchev–Trinajstić information content (AvgIpc) is 2.76. The first-order valence-corrected chi connectivity index (χ1v) is 7.11. The molecular weight excluding hydrogens is 222 g/mol. The van der Waals surface area contributed by atoms with Crippen LogP contribution in [0.4, 0.5) is 0 Å². The normalized spacial score (nSPS) is 18.6. The second-order valence-corrected chi connectivity index (χ2v) is 5.37. The zero-order valence-electron chi connectivity index (χ0n) is 10.3. The van der Waals surface area contributed by atoms with E-state index < -0.39 is 0 Å². The Kier molecular flexibility index (Phi) is 6.86. The van der Waals surface area contributed by atoms with Gasteiger partial charge in [-0.3, -0.25) is 4.79 Å². The van der Waals surface area contributed by atoms with Gasteiger partial charge in [-0.05, 0) is 32.1 Å². The molecule has 3 heteroatoms. The van der Waals surface area contributed by atoms with Crippen molar-refractivity contribution in [2.45, 2.75) is 64.3 Å². The Morgan fingerprint density at radius 3 is 2.75 bits per heavy atom. The molecule has 1 fully saturated rings. The Morgan fingerprint density at radius 2 is 2.12 bits per heavy atom. The minimum Gasteiger partial charge on any atom is -0.354 e. The smallest absolute Gasteiger partial charge is 0.220 e. The van der Waals surface area contributed by atoms with E-state index in [0.29, 0.717) is 12.3 Å². The van der Waals surface area contributed by atoms with Gasteiger partial charge in [0.1, 0.15) is 0 Å². The molecule has 0 aliphatic heterocycles. The minimum atomic E-state index is 0.217. The number of hydrogen-bond donors (Lipinski definition) is 1. The number of rotatable bonds is 7. The summed E-state index contributed by atoms with van der Waals surface area (Å²) in [6.07, 6.45) is 9.12. The van der Waals surface area contributed by atoms with Gasteiger partial charge in [-0.1, -0.05) is 25.7 Å². The summed E-state index contributed by atoms with van der Waals surface area (Å²) in [5.74, 6) is 1.71. The lowest BCUT2D eigenvalue weighted by Gasteiger charge is -2.14. The topological polar surface area (TPSA) is 29.1 Å². The highest BCUT2D eigenvalue weighted by Crippen LogP contribution is 2.28. The van der Waals surface area contributed by atoms with Gasteiger partial charge in [0.15, 0.2) is 0 Å². The molecule has 0 spiro atoms. The summed E-state index contributed by atoms with van der Waals surface area (Å²) in [6, 6.07) is 0.273. The Morgan fingerprint density at radius 1 is 1.44 bits per heavy atom. The molecule has 0 aromatic carbocycles. The number of hydrogen-bond acceptors (Lipinski definition) is 1. The molecule has 0 bridgehead atoms. The van der Waals surface area contributed by atoms with E-state index in [1.165, 1.54) is 25.7 Å². The maximum atomic E-state index is 11.6. The van der Waals surface area contributed by atoms with E-state index in [2.05, 4.69) is 12.2 Å². The Labute approximate surface area is 104 Å². The molecule has 94 valence electrons. The van der Waals surface area contributed by atoms with E-state index in [-0.39, 0.29) is 11.9 Å². The van der Waals surface area contributed by atoms with Gasteiger partial charge in [0.25, 0.3) is 0 Å². The predicted octanol–water partition coefficient (Wildman–Crippen LogP) is 3.48. The van der Waals surface area contributed by atoms with Gasteiger partial charge in [-0.15, -0.1) is 11.6 Å². The van der Waals surface area contributed by atoms with Crippen molar-refractivity contribution in [3.8, 4) is 0 Å². The van der Waals surface area contributed by atoms with Crippen molar-refractivity contribution in [1.82, 2.24) is 5.32 Å². The molecule has 1 saturated carbocycles. The van der Waals surface area contributed by atoms with Gasteiger partial charge in [-0.25, -0.2) is 0 Å². The Balaban J connectivity index is 2.05. The first-order chi connectivity index (χ1) is 7.72. The fourth-order valence-electron chi connectivity index (χ4n) is 2.44. The maximum absolute atomic E-state index is 11.6. The molecule has 1 N–H and O–H groups in total. The highest BCUT2D eigenvalue weighted by molar-refractivity contribution is 6.17. The van der Waals surface area contributed by atoms with Crippen LogP contribution >= 0.6 is 11.6 Å². The molecule has 0 radical (unpaired) electrons. The molecule has 0 aromatic heterocycles. The Bertz CT molecular complexity index is 202. The monoisotopic (exact) mass is 245 g/mol. The van der Waals surface area contributed by atoms with Crippen LogP contribution in [0.2, 0.25) is 0 Å². The van der Waals surface area contributed by atoms with E-state index in [1.807, 2.05) is 0 Å². The summed E-state index contributed by atoms with van der Waals surface area (Å²) in [7, 11) is 0. The fraction of sp³-hybridized carbons (Fsp3) is 0.923. The van der Waals surface area contributed by atoms with Crippen LogP contribution in [0.25, 0.3) is 0 Å². The lowest BCUT2D eigenvalue weighted by molar-refractivity contribution is -0.122. The van der Waals surface area contributed by atoms with Crippen molar-refractivity contribution in [2.24, 2.45) is 5.92 Å². The van der Waals surface area contributed by atoms with Gasteiger partial charge >= 0.3 is 0 Å². The zero-order valence-corrected chi connectivity index (χ0v) is 11.1. The molecular formula is C13H24ClNO. The van der Waals surface area contributed by atoms with E-state index >= 15 is 0 Å². The molecule has 16 heavy (non-hydrogen) atoms. The van der Waals surface area contributed by atoms with E-state index in [4.69, 9.17) is 11.6 Å². The minimum absolute atomic E-state index is 0.217. The molecule has 1 amide bonds. The van der Waals surface area contributed by atoms with Gasteiger partial charge in [0.05, 0.1) is 0 Å². The van der Waals surface area contributed by atoms with Crippen molar-refractivity contribution >= 4 is 17.5 Å². The lowest BCUT2D eigenvalue weighted by Crippen LogP contribution is -2.32. The molecule has 1 rings (SSSR count). The summed E-state index contributed by atoms with van der Waals surface area (Å²) < 4.78 is 0. The lowest BCUT2D eigenvalue weighted by atomic mass is 10.0. The van der Waals surface area contributed by atoms with Crippen LogP contribution in [0, 0.1) is 5.92 Å². The van der Waals surface area contributed by atoms with Gasteiger partial charge in [0.2, 0.25) is 5.91 Å². The standard InChI is InChI=1S/C13H24ClNO/c1-11(5-4-10-14)15-13(16)9-8-12-6-2-3-7-12/h11-12H,2-10H2,1H3,(H,15,16). The quantitative estimate of drug-likeness (QED) is 0.684. The first-order valence-electron chi connectivity index (χ1n) is 6.57. The molecule has 2 nitrogen and oxygen atoms in total. The number of alkyl halides is 1. The van der Waals surface area contributed by atoms with Crippen molar-refractivity contribution in [3.05, 3.63) is 0 Å². The van der Waals surface area contributed by atoms with Crippen LogP contribution in [-0.4, -0.2) is 17.8 Å². The molecule has 0 saturated heterocycles. The Hall–Kier alpha value is -0.240. The van der Waals surface area contributed by atoms with Gasteiger partial charge in [-0.2, -0.15) is 0 Å². The summed E-state index contributed by atoms with van der Waals surface area (Å²) in [6.45, 7) is 2.06. The SMILES string of the molecule is CC(CCCCl)NC(=O)CCC1CCCC1. The summed E-state index contributed by atoms with van der Waals surface area (Å²) in [5.41, 5.74) is 0. The second kappa shape index (κ2) is 7.94. The predicted molar refractivity (Wildman–Crippen MR) is 68.8 cm³/mol. The van der Waals surface area contributed by atoms with Crippen LogP contribution in [0.5, 0.6) is 0 Å². The third kappa shape index (κ3) is 5.74. The van der Waals surface area contributed by atoms with Crippen LogP contribution in [-0.2, 0) is 4.79 Å². The van der Waals surface area contributed by atoms with Crippen LogP contribution in [0.15, 0.2) is 0 Å². The largest absolute Gasteiger partial charge is 0.354 e. The molecule has 0 heterocycles. The van der Waals surface area contributed by atoms with E-state index in [9.17, 15) is 4.79 Å². The third-order valence-corrected chi connectivity index (χ3v) is 3.70. The molecule has 1 aliphatic rings. The summed E-state index contributed by atoms with van der Waals surface area (Å²) in [4.78, 5) is 11.6. The van der Waals surface area contributed by atoms with Crippen LogP contribution in [0.1, 0.15) is 58.3 Å². The molecule has 1 aliphatic carbocycles. The number of halogens is 1. The summed E-state index contributed by atoms with van der Waals surface area (Å²) in [5, 5.41) is 3.04. The van der Waals surface area contributed by atoms with Gasteiger partial charge < -0.3 is 5.32 Å². The van der Waals surface area contributed by atoms with Crippen LogP contribution < -0.4 is 5.32 Å². The number of carbonyl (C=O) groups excluding carboxylic acids is 1.